The molecule has 0 atom stereocenters. The van der Waals surface area contributed by atoms with E-state index >= 15 is 0 Å². The van der Waals surface area contributed by atoms with E-state index in [9.17, 15) is 4.79 Å². The summed E-state index contributed by atoms with van der Waals surface area (Å²) in [7, 11) is 0. The third-order valence-corrected chi connectivity index (χ3v) is 4.11. The Bertz CT molecular complexity index is 1030. The predicted octanol–water partition coefficient (Wildman–Crippen LogP) is 4.57. The van der Waals surface area contributed by atoms with Crippen LogP contribution in [0.15, 0.2) is 46.9 Å². The molecule has 7 nitrogen and oxygen atoms in total. The molecule has 0 bridgehead atoms. The van der Waals surface area contributed by atoms with E-state index < -0.39 is 5.91 Å². The number of hydrogen-bond acceptors (Lipinski definition) is 6. The average molecular weight is 437 g/mol. The first-order valence-electron chi connectivity index (χ1n) is 8.10. The molecule has 10 heteroatoms. The van der Waals surface area contributed by atoms with Gasteiger partial charge >= 0.3 is 0 Å². The lowest BCUT2D eigenvalue weighted by Gasteiger charge is -2.09. The van der Waals surface area contributed by atoms with Crippen molar-refractivity contribution in [2.45, 2.75) is 6.92 Å². The number of rotatable bonds is 5. The molecule has 1 amide bonds. The van der Waals surface area contributed by atoms with Crippen molar-refractivity contribution in [1.29, 1.82) is 0 Å². The van der Waals surface area contributed by atoms with Gasteiger partial charge in [-0.15, -0.1) is 0 Å². The fraction of sp³-hybridized carbons (Fsp3) is 0.111. The van der Waals surface area contributed by atoms with Crippen molar-refractivity contribution in [3.05, 3.63) is 58.4 Å². The maximum atomic E-state index is 12.4. The quantitative estimate of drug-likeness (QED) is 0.447. The van der Waals surface area contributed by atoms with Crippen LogP contribution < -0.4 is 15.4 Å². The molecule has 0 spiro atoms. The Morgan fingerprint density at radius 3 is 2.75 bits per heavy atom. The first kappa shape index (κ1) is 20.1. The van der Waals surface area contributed by atoms with Crippen LogP contribution in [0.4, 0.5) is 5.95 Å². The number of nitrogens with zero attached hydrogens (tertiary/aromatic N) is 2. The van der Waals surface area contributed by atoms with Crippen molar-refractivity contribution in [2.75, 3.05) is 11.9 Å². The highest BCUT2D eigenvalue weighted by molar-refractivity contribution is 7.80. The summed E-state index contributed by atoms with van der Waals surface area (Å²) in [4.78, 5) is 20.4. The van der Waals surface area contributed by atoms with Gasteiger partial charge in [0.1, 0.15) is 10.9 Å². The van der Waals surface area contributed by atoms with E-state index in [1.165, 1.54) is 12.1 Å². The molecule has 3 rings (SSSR count). The zero-order valence-electron chi connectivity index (χ0n) is 14.5. The van der Waals surface area contributed by atoms with Crippen molar-refractivity contribution < 1.29 is 13.9 Å². The van der Waals surface area contributed by atoms with E-state index in [-0.39, 0.29) is 27.9 Å². The molecule has 3 aromatic rings. The van der Waals surface area contributed by atoms with E-state index in [0.29, 0.717) is 23.0 Å². The van der Waals surface area contributed by atoms with Gasteiger partial charge in [-0.25, -0.2) is 4.98 Å². The molecule has 0 fully saturated rings. The van der Waals surface area contributed by atoms with Gasteiger partial charge in [-0.3, -0.25) is 10.1 Å². The number of carbonyl (C=O) groups excluding carboxylic acids is 1. The molecule has 2 heterocycles. The van der Waals surface area contributed by atoms with Crippen LogP contribution in [0.2, 0.25) is 10.2 Å². The van der Waals surface area contributed by atoms with Crippen molar-refractivity contribution in [2.24, 2.45) is 0 Å². The second-order valence-corrected chi connectivity index (χ2v) is 6.54. The van der Waals surface area contributed by atoms with E-state index in [1.807, 2.05) is 13.0 Å². The number of aromatic nitrogens is 2. The van der Waals surface area contributed by atoms with Crippen LogP contribution >= 0.6 is 35.4 Å². The molecule has 144 valence electrons. The fourth-order valence-electron chi connectivity index (χ4n) is 2.24. The van der Waals surface area contributed by atoms with E-state index in [2.05, 4.69) is 20.6 Å². The smallest absolute Gasteiger partial charge is 0.293 e. The second kappa shape index (κ2) is 9.01. The van der Waals surface area contributed by atoms with Crippen molar-refractivity contribution in [1.82, 2.24) is 15.3 Å². The van der Waals surface area contributed by atoms with E-state index in [4.69, 9.17) is 44.6 Å². The van der Waals surface area contributed by atoms with Gasteiger partial charge in [-0.2, -0.15) is 4.98 Å². The number of anilines is 1. The average Bonchev–Trinajstić information content (AvgIpc) is 3.11. The molecule has 0 aliphatic rings. The number of carbonyl (C=O) groups is 1. The Morgan fingerprint density at radius 1 is 1.21 bits per heavy atom. The Morgan fingerprint density at radius 2 is 2.00 bits per heavy atom. The summed E-state index contributed by atoms with van der Waals surface area (Å²) in [5, 5.41) is 5.83. The Kier molecular flexibility index (Phi) is 6.45. The third kappa shape index (κ3) is 4.98. The maximum absolute atomic E-state index is 12.4. The lowest BCUT2D eigenvalue weighted by molar-refractivity contribution is 0.0951. The van der Waals surface area contributed by atoms with Crippen LogP contribution in [-0.4, -0.2) is 27.6 Å². The first-order valence-corrected chi connectivity index (χ1v) is 9.27. The highest BCUT2D eigenvalue weighted by Gasteiger charge is 2.15. The molecule has 0 saturated carbocycles. The molecule has 1 aromatic carbocycles. The number of furan rings is 1. The van der Waals surface area contributed by atoms with Gasteiger partial charge in [0.15, 0.2) is 10.9 Å². The summed E-state index contributed by atoms with van der Waals surface area (Å²) in [5.74, 6) is 0.380. The summed E-state index contributed by atoms with van der Waals surface area (Å²) in [6, 6.07) is 11.8. The molecule has 0 unspecified atom stereocenters. The van der Waals surface area contributed by atoms with E-state index in [1.54, 1.807) is 24.3 Å². The fourth-order valence-corrected chi connectivity index (χ4v) is 2.82. The van der Waals surface area contributed by atoms with Crippen LogP contribution in [-0.2, 0) is 0 Å². The standard InChI is InChI=1S/C18H14Cl2N4O3S/c1-2-26-15-9-14(20)21-17(22-15)24-18(28)23-16(25)13-8-7-12(27-13)10-5-3-4-6-11(10)19/h3-9H,2H2,1H3,(H2,21,22,23,24,25,28). The Balaban J connectivity index is 1.67. The third-order valence-electron chi connectivity index (χ3n) is 3.39. The summed E-state index contributed by atoms with van der Waals surface area (Å²) in [6.45, 7) is 2.23. The lowest BCUT2D eigenvalue weighted by atomic mass is 10.2. The minimum atomic E-state index is -0.539. The molecule has 28 heavy (non-hydrogen) atoms. The number of nitrogens with one attached hydrogen (secondary N) is 2. The van der Waals surface area contributed by atoms with E-state index in [0.717, 1.165) is 0 Å². The first-order chi connectivity index (χ1) is 13.5. The van der Waals surface area contributed by atoms with Crippen LogP contribution in [0.3, 0.4) is 0 Å². The number of benzene rings is 1. The summed E-state index contributed by atoms with van der Waals surface area (Å²) in [5.41, 5.74) is 0.680. The minimum absolute atomic E-state index is 0.0228. The summed E-state index contributed by atoms with van der Waals surface area (Å²) in [6.07, 6.45) is 0. The molecule has 2 N–H and O–H groups in total. The largest absolute Gasteiger partial charge is 0.478 e. The Hall–Kier alpha value is -2.68. The monoisotopic (exact) mass is 436 g/mol. The zero-order chi connectivity index (χ0) is 20.1. The highest BCUT2D eigenvalue weighted by atomic mass is 35.5. The highest BCUT2D eigenvalue weighted by Crippen LogP contribution is 2.29. The summed E-state index contributed by atoms with van der Waals surface area (Å²) >= 11 is 17.2. The molecule has 0 radical (unpaired) electrons. The number of hydrogen-bond donors (Lipinski definition) is 2. The van der Waals surface area contributed by atoms with Gasteiger partial charge in [-0.1, -0.05) is 35.3 Å². The van der Waals surface area contributed by atoms with Crippen LogP contribution in [0.1, 0.15) is 17.5 Å². The van der Waals surface area contributed by atoms with Gasteiger partial charge in [-0.05, 0) is 43.4 Å². The van der Waals surface area contributed by atoms with Gasteiger partial charge in [0.25, 0.3) is 5.91 Å². The minimum Gasteiger partial charge on any atom is -0.478 e. The van der Waals surface area contributed by atoms with Crippen molar-refractivity contribution in [3.63, 3.8) is 0 Å². The normalized spacial score (nSPS) is 10.4. The molecular weight excluding hydrogens is 423 g/mol. The number of thiocarbonyl (C=S) groups is 1. The van der Waals surface area contributed by atoms with Crippen LogP contribution in [0.25, 0.3) is 11.3 Å². The Labute approximate surface area is 176 Å². The zero-order valence-corrected chi connectivity index (χ0v) is 16.9. The summed E-state index contributed by atoms with van der Waals surface area (Å²) < 4.78 is 10.9. The predicted molar refractivity (Wildman–Crippen MR) is 111 cm³/mol. The van der Waals surface area contributed by atoms with Crippen molar-refractivity contribution in [3.8, 4) is 17.2 Å². The SMILES string of the molecule is CCOc1cc(Cl)nc(NC(=S)NC(=O)c2ccc(-c3ccccc3Cl)o2)n1. The number of halogens is 2. The van der Waals surface area contributed by atoms with Crippen LogP contribution in [0.5, 0.6) is 5.88 Å². The topological polar surface area (TPSA) is 89.3 Å². The van der Waals surface area contributed by atoms with Crippen LogP contribution in [0, 0.1) is 0 Å². The van der Waals surface area contributed by atoms with Crippen molar-refractivity contribution >= 4 is 52.4 Å². The lowest BCUT2D eigenvalue weighted by Crippen LogP contribution is -2.34. The molecule has 2 aromatic heterocycles. The maximum Gasteiger partial charge on any atom is 0.293 e. The molecule has 0 aliphatic carbocycles. The van der Waals surface area contributed by atoms with Gasteiger partial charge in [0.05, 0.1) is 11.6 Å². The van der Waals surface area contributed by atoms with Gasteiger partial charge < -0.3 is 14.5 Å². The number of ether oxygens (including phenoxy) is 1. The molecule has 0 saturated heterocycles. The number of amides is 1. The second-order valence-electron chi connectivity index (χ2n) is 5.34. The molecular formula is C18H14Cl2N4O3S. The van der Waals surface area contributed by atoms with Gasteiger partial charge in [0.2, 0.25) is 11.8 Å². The molecule has 0 aliphatic heterocycles. The van der Waals surface area contributed by atoms with Gasteiger partial charge in [0, 0.05) is 11.6 Å².